The Morgan fingerprint density at radius 2 is 2.29 bits per heavy atom. The van der Waals surface area contributed by atoms with E-state index in [9.17, 15) is 8.42 Å². The average molecular weight is 273 g/mol. The third-order valence-electron chi connectivity index (χ3n) is 2.09. The van der Waals surface area contributed by atoms with E-state index in [1.807, 2.05) is 6.92 Å². The fourth-order valence-corrected chi connectivity index (χ4v) is 3.18. The molecule has 1 heterocycles. The van der Waals surface area contributed by atoms with Crippen LogP contribution in [0.3, 0.4) is 0 Å². The van der Waals surface area contributed by atoms with Crippen LogP contribution in [0.25, 0.3) is 0 Å². The second-order valence-electron chi connectivity index (χ2n) is 3.35. The lowest BCUT2D eigenvalue weighted by atomic mass is 10.5. The Morgan fingerprint density at radius 3 is 2.82 bits per heavy atom. The van der Waals surface area contributed by atoms with E-state index in [-0.39, 0.29) is 16.5 Å². The van der Waals surface area contributed by atoms with Crippen LogP contribution >= 0.6 is 11.6 Å². The van der Waals surface area contributed by atoms with Crippen molar-refractivity contribution in [3.05, 3.63) is 23.5 Å². The molecule has 0 amide bonds. The lowest BCUT2D eigenvalue weighted by Gasteiger charge is -2.19. The van der Waals surface area contributed by atoms with Crippen molar-refractivity contribution < 1.29 is 8.42 Å². The molecule has 0 aromatic carbocycles. The Labute approximate surface area is 107 Å². The summed E-state index contributed by atoms with van der Waals surface area (Å²) >= 11 is 5.86. The summed E-state index contributed by atoms with van der Waals surface area (Å²) in [7, 11) is -3.66. The molecule has 0 aliphatic heterocycles. The number of nitrogens with zero attached hydrogens (tertiary/aromatic N) is 2. The van der Waals surface area contributed by atoms with E-state index in [1.54, 1.807) is 0 Å². The van der Waals surface area contributed by atoms with Crippen molar-refractivity contribution in [2.45, 2.75) is 18.2 Å². The number of hydrogen-bond acceptors (Lipinski definition) is 3. The monoisotopic (exact) mass is 272 g/mol. The van der Waals surface area contributed by atoms with Crippen LogP contribution in [0, 0.1) is 12.3 Å². The fourth-order valence-electron chi connectivity index (χ4n) is 1.33. The molecule has 0 N–H and O–H groups in total. The maximum absolute atomic E-state index is 12.2. The zero-order valence-corrected chi connectivity index (χ0v) is 11.0. The van der Waals surface area contributed by atoms with Gasteiger partial charge in [-0.25, -0.2) is 8.42 Å². The van der Waals surface area contributed by atoms with Gasteiger partial charge in [-0.05, 0) is 12.5 Å². The summed E-state index contributed by atoms with van der Waals surface area (Å²) in [6.45, 7) is 2.27. The third-order valence-corrected chi connectivity index (χ3v) is 4.41. The highest BCUT2D eigenvalue weighted by Gasteiger charge is 2.25. The third kappa shape index (κ3) is 3.19. The summed E-state index contributed by atoms with van der Waals surface area (Å²) in [6.07, 6.45) is 8.52. The smallest absolute Gasteiger partial charge is 0.246 e. The van der Waals surface area contributed by atoms with Gasteiger partial charge in [-0.15, -0.1) is 6.42 Å². The van der Waals surface area contributed by atoms with Crippen LogP contribution in [0.2, 0.25) is 5.02 Å². The summed E-state index contributed by atoms with van der Waals surface area (Å²) < 4.78 is 25.7. The minimum absolute atomic E-state index is 0.00892. The van der Waals surface area contributed by atoms with Crippen molar-refractivity contribution in [3.8, 4) is 12.3 Å². The zero-order valence-electron chi connectivity index (χ0n) is 9.43. The molecule has 0 unspecified atom stereocenters. The second-order valence-corrected chi connectivity index (χ2v) is 5.66. The van der Waals surface area contributed by atoms with Crippen LogP contribution in [0.5, 0.6) is 0 Å². The Morgan fingerprint density at radius 1 is 1.59 bits per heavy atom. The summed E-state index contributed by atoms with van der Waals surface area (Å²) in [5.74, 6) is 2.33. The Balaban J connectivity index is 3.18. The van der Waals surface area contributed by atoms with Crippen molar-refractivity contribution in [1.82, 2.24) is 9.29 Å². The normalized spacial score (nSPS) is 11.4. The van der Waals surface area contributed by atoms with E-state index in [2.05, 4.69) is 10.9 Å². The first kappa shape index (κ1) is 14.0. The van der Waals surface area contributed by atoms with Gasteiger partial charge in [0.1, 0.15) is 4.90 Å². The van der Waals surface area contributed by atoms with E-state index in [1.165, 1.54) is 22.8 Å². The maximum atomic E-state index is 12.2. The van der Waals surface area contributed by atoms with Gasteiger partial charge >= 0.3 is 0 Å². The molecule has 4 nitrogen and oxygen atoms in total. The van der Waals surface area contributed by atoms with Crippen LogP contribution < -0.4 is 0 Å². The SMILES string of the molecule is C#CCN(CCC)S(=O)(=O)c1cnccc1Cl. The molecule has 0 aliphatic rings. The molecule has 92 valence electrons. The summed E-state index contributed by atoms with van der Waals surface area (Å²) in [6, 6.07) is 1.44. The molecular formula is C11H13ClN2O2S. The van der Waals surface area contributed by atoms with Gasteiger partial charge < -0.3 is 0 Å². The average Bonchev–Trinajstić information content (AvgIpc) is 2.29. The van der Waals surface area contributed by atoms with Crippen molar-refractivity contribution in [2.75, 3.05) is 13.1 Å². The first-order chi connectivity index (χ1) is 8.04. The number of halogens is 1. The van der Waals surface area contributed by atoms with E-state index in [4.69, 9.17) is 18.0 Å². The quantitative estimate of drug-likeness (QED) is 0.768. The molecule has 0 aliphatic carbocycles. The van der Waals surface area contributed by atoms with E-state index < -0.39 is 10.0 Å². The van der Waals surface area contributed by atoms with Gasteiger partial charge in [0.2, 0.25) is 10.0 Å². The van der Waals surface area contributed by atoms with E-state index in [0.29, 0.717) is 13.0 Å². The highest BCUT2D eigenvalue weighted by Crippen LogP contribution is 2.23. The molecule has 1 aromatic heterocycles. The standard InChI is InChI=1S/C11H13ClN2O2S/c1-3-7-14(8-4-2)17(15,16)11-9-13-6-5-10(11)12/h1,5-6,9H,4,7-8H2,2H3. The summed E-state index contributed by atoms with van der Waals surface area (Å²) in [4.78, 5) is 3.76. The van der Waals surface area contributed by atoms with Gasteiger partial charge in [0, 0.05) is 18.9 Å². The van der Waals surface area contributed by atoms with Crippen LogP contribution in [0.4, 0.5) is 0 Å². The number of aromatic nitrogens is 1. The maximum Gasteiger partial charge on any atom is 0.246 e. The largest absolute Gasteiger partial charge is 0.263 e. The van der Waals surface area contributed by atoms with Gasteiger partial charge in [-0.3, -0.25) is 4.98 Å². The lowest BCUT2D eigenvalue weighted by molar-refractivity contribution is 0.445. The molecule has 6 heteroatoms. The molecule has 0 radical (unpaired) electrons. The number of terminal acetylenes is 1. The van der Waals surface area contributed by atoms with E-state index in [0.717, 1.165) is 0 Å². The molecule has 0 saturated heterocycles. The van der Waals surface area contributed by atoms with Crippen LogP contribution in [-0.4, -0.2) is 30.8 Å². The van der Waals surface area contributed by atoms with Gasteiger partial charge in [0.05, 0.1) is 11.6 Å². The molecule has 0 fully saturated rings. The minimum atomic E-state index is -3.66. The summed E-state index contributed by atoms with van der Waals surface area (Å²) in [5, 5.41) is 0.151. The summed E-state index contributed by atoms with van der Waals surface area (Å²) in [5.41, 5.74) is 0. The topological polar surface area (TPSA) is 50.3 Å². The fraction of sp³-hybridized carbons (Fsp3) is 0.364. The van der Waals surface area contributed by atoms with Gasteiger partial charge in [0.15, 0.2) is 0 Å². The van der Waals surface area contributed by atoms with Crippen molar-refractivity contribution >= 4 is 21.6 Å². The predicted octanol–water partition coefficient (Wildman–Crippen LogP) is 1.77. The van der Waals surface area contributed by atoms with Crippen LogP contribution in [0.15, 0.2) is 23.4 Å². The van der Waals surface area contributed by atoms with Crippen molar-refractivity contribution in [3.63, 3.8) is 0 Å². The van der Waals surface area contributed by atoms with Gasteiger partial charge in [-0.2, -0.15) is 4.31 Å². The van der Waals surface area contributed by atoms with Crippen molar-refractivity contribution in [1.29, 1.82) is 0 Å². The van der Waals surface area contributed by atoms with Gasteiger partial charge in [0.25, 0.3) is 0 Å². The predicted molar refractivity (Wildman–Crippen MR) is 67.1 cm³/mol. The lowest BCUT2D eigenvalue weighted by Crippen LogP contribution is -2.32. The highest BCUT2D eigenvalue weighted by atomic mass is 35.5. The molecule has 1 rings (SSSR count). The molecular weight excluding hydrogens is 260 g/mol. The number of rotatable bonds is 5. The Hall–Kier alpha value is -1.09. The number of pyridine rings is 1. The van der Waals surface area contributed by atoms with Crippen LogP contribution in [-0.2, 0) is 10.0 Å². The molecule has 0 atom stereocenters. The van der Waals surface area contributed by atoms with E-state index >= 15 is 0 Å². The highest BCUT2D eigenvalue weighted by molar-refractivity contribution is 7.89. The second kappa shape index (κ2) is 6.01. The Kier molecular flexibility index (Phi) is 4.94. The first-order valence-corrected chi connectivity index (χ1v) is 6.89. The molecule has 17 heavy (non-hydrogen) atoms. The van der Waals surface area contributed by atoms with Gasteiger partial charge in [-0.1, -0.05) is 24.4 Å². The molecule has 0 saturated carbocycles. The molecule has 1 aromatic rings. The van der Waals surface area contributed by atoms with Crippen molar-refractivity contribution in [2.24, 2.45) is 0 Å². The molecule has 0 bridgehead atoms. The first-order valence-electron chi connectivity index (χ1n) is 5.07. The molecule has 0 spiro atoms. The number of hydrogen-bond donors (Lipinski definition) is 0. The zero-order chi connectivity index (χ0) is 12.9. The minimum Gasteiger partial charge on any atom is -0.263 e. The Bertz CT molecular complexity index is 523. The number of sulfonamides is 1. The van der Waals surface area contributed by atoms with Crippen LogP contribution in [0.1, 0.15) is 13.3 Å².